The van der Waals surface area contributed by atoms with Gasteiger partial charge in [-0.1, -0.05) is 37.5 Å². The van der Waals surface area contributed by atoms with E-state index in [-0.39, 0.29) is 10.7 Å². The first-order chi connectivity index (χ1) is 9.49. The van der Waals surface area contributed by atoms with Crippen LogP contribution in [0.15, 0.2) is 34.2 Å². The number of nitrogens with one attached hydrogen (secondary N) is 1. The average Bonchev–Trinajstić information content (AvgIpc) is 2.42. The van der Waals surface area contributed by atoms with Crippen LogP contribution in [0, 0.1) is 18.3 Å². The van der Waals surface area contributed by atoms with Crippen molar-refractivity contribution in [1.29, 1.82) is 5.26 Å². The maximum atomic E-state index is 12.1. The van der Waals surface area contributed by atoms with Crippen LogP contribution in [0.5, 0.6) is 0 Å². The molecule has 0 saturated carbocycles. The molecule has 0 bridgehead atoms. The number of rotatable bonds is 6. The molecule has 1 aromatic rings. The van der Waals surface area contributed by atoms with Gasteiger partial charge in [0, 0.05) is 6.54 Å². The Morgan fingerprint density at radius 3 is 2.50 bits per heavy atom. The summed E-state index contributed by atoms with van der Waals surface area (Å²) >= 11 is 0. The molecule has 5 nitrogen and oxygen atoms in total. The standard InChI is InChI=1S/C14H19N3O2S/c1-3-4-5-10-16-14(11-15)17-20(18,19)13-8-6-12(2)7-9-13/h6-9H,3-5,10H2,1-2H3,(H,16,17). The molecule has 20 heavy (non-hydrogen) atoms. The summed E-state index contributed by atoms with van der Waals surface area (Å²) in [5.41, 5.74) is 0.970. The van der Waals surface area contributed by atoms with Crippen molar-refractivity contribution in [1.82, 2.24) is 4.72 Å². The fraction of sp³-hybridized carbons (Fsp3) is 0.429. The lowest BCUT2D eigenvalue weighted by Crippen LogP contribution is -2.29. The van der Waals surface area contributed by atoms with Gasteiger partial charge in [-0.25, -0.2) is 8.42 Å². The van der Waals surface area contributed by atoms with E-state index in [1.165, 1.54) is 12.1 Å². The maximum absolute atomic E-state index is 12.1. The van der Waals surface area contributed by atoms with Crippen LogP contribution in [-0.4, -0.2) is 20.8 Å². The summed E-state index contributed by atoms with van der Waals surface area (Å²) in [6, 6.07) is 8.20. The Balaban J connectivity index is 2.78. The molecule has 0 amide bonds. The number of nitriles is 1. The molecule has 1 rings (SSSR count). The van der Waals surface area contributed by atoms with Crippen molar-refractivity contribution in [2.75, 3.05) is 6.54 Å². The highest BCUT2D eigenvalue weighted by atomic mass is 32.2. The van der Waals surface area contributed by atoms with Crippen LogP contribution in [-0.2, 0) is 10.0 Å². The van der Waals surface area contributed by atoms with Gasteiger partial charge < -0.3 is 0 Å². The zero-order valence-corrected chi connectivity index (χ0v) is 12.6. The number of unbranched alkanes of at least 4 members (excludes halogenated alkanes) is 2. The Hall–Kier alpha value is -1.87. The largest absolute Gasteiger partial charge is 0.263 e. The fourth-order valence-corrected chi connectivity index (χ4v) is 2.52. The number of benzene rings is 1. The molecule has 0 aliphatic heterocycles. The van der Waals surface area contributed by atoms with Gasteiger partial charge in [0.1, 0.15) is 6.07 Å². The molecular formula is C14H19N3O2S. The molecule has 0 atom stereocenters. The molecule has 0 radical (unpaired) electrons. The minimum atomic E-state index is -3.73. The van der Waals surface area contributed by atoms with Crippen LogP contribution in [0.25, 0.3) is 0 Å². The number of hydrogen-bond acceptors (Lipinski definition) is 4. The highest BCUT2D eigenvalue weighted by Crippen LogP contribution is 2.09. The molecule has 0 aliphatic carbocycles. The van der Waals surface area contributed by atoms with E-state index in [9.17, 15) is 8.42 Å². The summed E-state index contributed by atoms with van der Waals surface area (Å²) in [6.45, 7) is 4.39. The van der Waals surface area contributed by atoms with E-state index < -0.39 is 10.0 Å². The van der Waals surface area contributed by atoms with Gasteiger partial charge in [0.05, 0.1) is 4.90 Å². The second-order valence-electron chi connectivity index (χ2n) is 4.47. The van der Waals surface area contributed by atoms with Crippen LogP contribution in [0.2, 0.25) is 0 Å². The first-order valence-electron chi connectivity index (χ1n) is 6.53. The first kappa shape index (κ1) is 16.2. The van der Waals surface area contributed by atoms with Gasteiger partial charge in [0.25, 0.3) is 10.0 Å². The third-order valence-corrected chi connectivity index (χ3v) is 4.05. The minimum Gasteiger partial charge on any atom is -0.258 e. The summed E-state index contributed by atoms with van der Waals surface area (Å²) < 4.78 is 26.3. The van der Waals surface area contributed by atoms with E-state index in [0.29, 0.717) is 6.54 Å². The number of aryl methyl sites for hydroxylation is 1. The Morgan fingerprint density at radius 2 is 1.95 bits per heavy atom. The lowest BCUT2D eigenvalue weighted by Gasteiger charge is -2.06. The van der Waals surface area contributed by atoms with Crippen molar-refractivity contribution >= 4 is 15.9 Å². The number of aliphatic imine (C=N–C) groups is 1. The van der Waals surface area contributed by atoms with Gasteiger partial charge in [-0.05, 0) is 25.5 Å². The van der Waals surface area contributed by atoms with Crippen LogP contribution >= 0.6 is 0 Å². The third kappa shape index (κ3) is 5.02. The van der Waals surface area contributed by atoms with Crippen LogP contribution < -0.4 is 4.72 Å². The molecule has 0 aromatic heterocycles. The normalized spacial score (nSPS) is 11.9. The Labute approximate surface area is 120 Å². The first-order valence-corrected chi connectivity index (χ1v) is 8.02. The molecule has 108 valence electrons. The molecule has 0 aliphatic rings. The van der Waals surface area contributed by atoms with E-state index in [4.69, 9.17) is 5.26 Å². The predicted octanol–water partition coefficient (Wildman–Crippen LogP) is 2.39. The Morgan fingerprint density at radius 1 is 1.30 bits per heavy atom. The topological polar surface area (TPSA) is 82.3 Å². The van der Waals surface area contributed by atoms with E-state index >= 15 is 0 Å². The Kier molecular flexibility index (Phi) is 6.19. The second-order valence-corrected chi connectivity index (χ2v) is 6.15. The monoisotopic (exact) mass is 293 g/mol. The van der Waals surface area contributed by atoms with Crippen molar-refractivity contribution in [2.45, 2.75) is 38.0 Å². The summed E-state index contributed by atoms with van der Waals surface area (Å²) in [7, 11) is -3.73. The molecule has 0 unspecified atom stereocenters. The molecular weight excluding hydrogens is 274 g/mol. The zero-order chi connectivity index (χ0) is 15.0. The second kappa shape index (κ2) is 7.65. The zero-order valence-electron chi connectivity index (χ0n) is 11.8. The summed E-state index contributed by atoms with van der Waals surface area (Å²) in [6.07, 6.45) is 2.90. The van der Waals surface area contributed by atoms with Crippen molar-refractivity contribution in [3.63, 3.8) is 0 Å². The lowest BCUT2D eigenvalue weighted by molar-refractivity contribution is 0.592. The quantitative estimate of drug-likeness (QED) is 0.496. The smallest absolute Gasteiger partial charge is 0.258 e. The SMILES string of the molecule is CCCCCN=C(C#N)NS(=O)(=O)c1ccc(C)cc1. The molecule has 1 aromatic carbocycles. The molecule has 0 saturated heterocycles. The number of sulfonamides is 1. The number of nitrogens with zero attached hydrogens (tertiary/aromatic N) is 2. The minimum absolute atomic E-state index is 0.125. The maximum Gasteiger partial charge on any atom is 0.263 e. The van der Waals surface area contributed by atoms with E-state index in [0.717, 1.165) is 24.8 Å². The van der Waals surface area contributed by atoms with Crippen LogP contribution in [0.1, 0.15) is 31.7 Å². The van der Waals surface area contributed by atoms with Crippen LogP contribution in [0.4, 0.5) is 0 Å². The highest BCUT2D eigenvalue weighted by Gasteiger charge is 2.15. The lowest BCUT2D eigenvalue weighted by atomic mass is 10.2. The molecule has 1 N–H and O–H groups in total. The average molecular weight is 293 g/mol. The van der Waals surface area contributed by atoms with E-state index in [1.807, 2.05) is 6.92 Å². The van der Waals surface area contributed by atoms with Crippen molar-refractivity contribution in [3.8, 4) is 6.07 Å². The van der Waals surface area contributed by atoms with Crippen molar-refractivity contribution in [3.05, 3.63) is 29.8 Å². The summed E-state index contributed by atoms with van der Waals surface area (Å²) in [4.78, 5) is 4.10. The molecule has 0 fully saturated rings. The van der Waals surface area contributed by atoms with Crippen molar-refractivity contribution in [2.24, 2.45) is 4.99 Å². The fourth-order valence-electron chi connectivity index (χ4n) is 1.55. The summed E-state index contributed by atoms with van der Waals surface area (Å²) in [5, 5.41) is 8.93. The van der Waals surface area contributed by atoms with Gasteiger partial charge in [0.2, 0.25) is 5.84 Å². The number of hydrogen-bond donors (Lipinski definition) is 1. The third-order valence-electron chi connectivity index (χ3n) is 2.70. The molecule has 6 heteroatoms. The van der Waals surface area contributed by atoms with Gasteiger partial charge in [-0.3, -0.25) is 9.71 Å². The van der Waals surface area contributed by atoms with Crippen LogP contribution in [0.3, 0.4) is 0 Å². The van der Waals surface area contributed by atoms with Gasteiger partial charge >= 0.3 is 0 Å². The number of amidine groups is 1. The van der Waals surface area contributed by atoms with E-state index in [1.54, 1.807) is 18.2 Å². The highest BCUT2D eigenvalue weighted by molar-refractivity contribution is 7.90. The summed E-state index contributed by atoms with van der Waals surface area (Å²) in [5.74, 6) is -0.165. The van der Waals surface area contributed by atoms with Crippen molar-refractivity contribution < 1.29 is 8.42 Å². The molecule has 0 heterocycles. The molecule has 0 spiro atoms. The Bertz CT molecular complexity index is 598. The predicted molar refractivity (Wildman–Crippen MR) is 78.9 cm³/mol. The van der Waals surface area contributed by atoms with E-state index in [2.05, 4.69) is 16.6 Å². The van der Waals surface area contributed by atoms with Gasteiger partial charge in [0.15, 0.2) is 0 Å². The van der Waals surface area contributed by atoms with Gasteiger partial charge in [-0.15, -0.1) is 0 Å². The van der Waals surface area contributed by atoms with Gasteiger partial charge in [-0.2, -0.15) is 5.26 Å².